The number of hydrogen-bond acceptors (Lipinski definition) is 3. The summed E-state index contributed by atoms with van der Waals surface area (Å²) in [4.78, 5) is 17.4. The highest BCUT2D eigenvalue weighted by atomic mass is 16.5. The highest BCUT2D eigenvalue weighted by Gasteiger charge is 2.22. The summed E-state index contributed by atoms with van der Waals surface area (Å²) in [6.45, 7) is 1.29. The first-order valence-electron chi connectivity index (χ1n) is 7.27. The maximum Gasteiger partial charge on any atom is 0.227 e. The second-order valence-corrected chi connectivity index (χ2v) is 5.51. The molecule has 3 rings (SSSR count). The lowest BCUT2D eigenvalue weighted by Crippen LogP contribution is -2.40. The standard InChI is InChI=1S/C16H20N2O3/c1-21-13-2-3-15-14(9-13)11(10-17-15)8-16(20)18-6-4-12(19)5-7-18/h2-3,9-10,12,17,19H,4-8H2,1H3. The van der Waals surface area contributed by atoms with Gasteiger partial charge in [-0.15, -0.1) is 0 Å². The van der Waals surface area contributed by atoms with Gasteiger partial charge >= 0.3 is 0 Å². The Morgan fingerprint density at radius 3 is 2.90 bits per heavy atom. The number of carbonyl (C=O) groups is 1. The Morgan fingerprint density at radius 1 is 1.43 bits per heavy atom. The summed E-state index contributed by atoms with van der Waals surface area (Å²) in [6, 6.07) is 5.81. The fraction of sp³-hybridized carbons (Fsp3) is 0.438. The fourth-order valence-corrected chi connectivity index (χ4v) is 2.82. The number of fused-ring (bicyclic) bond motifs is 1. The molecule has 2 heterocycles. The van der Waals surface area contributed by atoms with Crippen LogP contribution in [-0.2, 0) is 11.2 Å². The van der Waals surface area contributed by atoms with E-state index in [1.807, 2.05) is 29.3 Å². The van der Waals surface area contributed by atoms with Crippen LogP contribution in [0.2, 0.25) is 0 Å². The van der Waals surface area contributed by atoms with Crippen molar-refractivity contribution in [2.75, 3.05) is 20.2 Å². The van der Waals surface area contributed by atoms with Crippen LogP contribution in [0.15, 0.2) is 24.4 Å². The van der Waals surface area contributed by atoms with Gasteiger partial charge in [-0.1, -0.05) is 0 Å². The van der Waals surface area contributed by atoms with E-state index in [9.17, 15) is 9.90 Å². The minimum absolute atomic E-state index is 0.116. The van der Waals surface area contributed by atoms with E-state index in [1.54, 1.807) is 7.11 Å². The Kier molecular flexibility index (Phi) is 3.84. The number of aliphatic hydroxyl groups is 1. The van der Waals surface area contributed by atoms with Gasteiger partial charge in [-0.2, -0.15) is 0 Å². The zero-order valence-electron chi connectivity index (χ0n) is 12.1. The molecule has 2 N–H and O–H groups in total. The topological polar surface area (TPSA) is 65.6 Å². The minimum atomic E-state index is -0.258. The van der Waals surface area contributed by atoms with Crippen molar-refractivity contribution in [2.24, 2.45) is 0 Å². The van der Waals surface area contributed by atoms with Crippen molar-refractivity contribution in [3.63, 3.8) is 0 Å². The predicted molar refractivity (Wildman–Crippen MR) is 80.4 cm³/mol. The number of nitrogens with one attached hydrogen (secondary N) is 1. The van der Waals surface area contributed by atoms with Gasteiger partial charge < -0.3 is 19.7 Å². The van der Waals surface area contributed by atoms with Crippen LogP contribution in [-0.4, -0.2) is 47.2 Å². The van der Waals surface area contributed by atoms with Gasteiger partial charge in [-0.25, -0.2) is 0 Å². The third-order valence-electron chi connectivity index (χ3n) is 4.13. The normalized spacial score (nSPS) is 16.4. The molecule has 0 saturated carbocycles. The Morgan fingerprint density at radius 2 is 2.19 bits per heavy atom. The molecule has 1 aromatic heterocycles. The summed E-state index contributed by atoms with van der Waals surface area (Å²) in [5.41, 5.74) is 1.99. The van der Waals surface area contributed by atoms with Crippen LogP contribution in [0.4, 0.5) is 0 Å². The first-order valence-corrected chi connectivity index (χ1v) is 7.27. The number of aliphatic hydroxyl groups excluding tert-OH is 1. The number of benzene rings is 1. The number of methoxy groups -OCH3 is 1. The lowest BCUT2D eigenvalue weighted by Gasteiger charge is -2.29. The van der Waals surface area contributed by atoms with Crippen molar-refractivity contribution in [3.05, 3.63) is 30.0 Å². The number of hydrogen-bond donors (Lipinski definition) is 2. The van der Waals surface area contributed by atoms with Crippen LogP contribution in [0, 0.1) is 0 Å². The summed E-state index contributed by atoms with van der Waals surface area (Å²) in [5.74, 6) is 0.905. The van der Waals surface area contributed by atoms with E-state index in [2.05, 4.69) is 4.98 Å². The molecule has 0 bridgehead atoms. The van der Waals surface area contributed by atoms with E-state index < -0.39 is 0 Å². The summed E-state index contributed by atoms with van der Waals surface area (Å²) in [7, 11) is 1.64. The van der Waals surface area contributed by atoms with Crippen molar-refractivity contribution in [1.82, 2.24) is 9.88 Å². The van der Waals surface area contributed by atoms with Gasteiger partial charge in [-0.3, -0.25) is 4.79 Å². The maximum absolute atomic E-state index is 12.4. The molecule has 21 heavy (non-hydrogen) atoms. The highest BCUT2D eigenvalue weighted by Crippen LogP contribution is 2.24. The molecule has 0 atom stereocenters. The summed E-state index contributed by atoms with van der Waals surface area (Å²) in [6.07, 6.45) is 3.36. The first-order chi connectivity index (χ1) is 10.2. The molecule has 1 aliphatic heterocycles. The fourth-order valence-electron chi connectivity index (χ4n) is 2.82. The molecule has 0 aliphatic carbocycles. The third-order valence-corrected chi connectivity index (χ3v) is 4.13. The van der Waals surface area contributed by atoms with E-state index in [-0.39, 0.29) is 12.0 Å². The zero-order chi connectivity index (χ0) is 14.8. The van der Waals surface area contributed by atoms with Crippen molar-refractivity contribution in [2.45, 2.75) is 25.4 Å². The molecular weight excluding hydrogens is 268 g/mol. The second kappa shape index (κ2) is 5.77. The molecule has 0 spiro atoms. The molecule has 5 heteroatoms. The van der Waals surface area contributed by atoms with Gasteiger partial charge in [0.25, 0.3) is 0 Å². The molecule has 1 aliphatic rings. The summed E-state index contributed by atoms with van der Waals surface area (Å²) in [5, 5.41) is 10.5. The number of aromatic nitrogens is 1. The highest BCUT2D eigenvalue weighted by molar-refractivity contribution is 5.89. The van der Waals surface area contributed by atoms with E-state index in [0.717, 1.165) is 22.2 Å². The van der Waals surface area contributed by atoms with Gasteiger partial charge in [0.15, 0.2) is 0 Å². The quantitative estimate of drug-likeness (QED) is 0.903. The molecule has 1 saturated heterocycles. The van der Waals surface area contributed by atoms with Crippen LogP contribution in [0.25, 0.3) is 10.9 Å². The largest absolute Gasteiger partial charge is 0.497 e. The van der Waals surface area contributed by atoms with Crippen LogP contribution in [0.5, 0.6) is 5.75 Å². The number of carbonyl (C=O) groups excluding carboxylic acids is 1. The molecule has 112 valence electrons. The Labute approximate surface area is 123 Å². The number of piperidine rings is 1. The van der Waals surface area contributed by atoms with Gasteiger partial charge in [0, 0.05) is 30.2 Å². The van der Waals surface area contributed by atoms with Gasteiger partial charge in [0.1, 0.15) is 5.75 Å². The van der Waals surface area contributed by atoms with E-state index >= 15 is 0 Å². The van der Waals surface area contributed by atoms with E-state index in [4.69, 9.17) is 4.74 Å². The van der Waals surface area contributed by atoms with Crippen LogP contribution in [0.3, 0.4) is 0 Å². The molecule has 1 amide bonds. The average molecular weight is 288 g/mol. The van der Waals surface area contributed by atoms with Crippen molar-refractivity contribution in [1.29, 1.82) is 0 Å². The van der Waals surface area contributed by atoms with Gasteiger partial charge in [0.05, 0.1) is 19.6 Å². The number of aromatic amines is 1. The van der Waals surface area contributed by atoms with E-state index in [1.165, 1.54) is 0 Å². The van der Waals surface area contributed by atoms with Crippen molar-refractivity contribution < 1.29 is 14.6 Å². The molecule has 1 fully saturated rings. The number of nitrogens with zero attached hydrogens (tertiary/aromatic N) is 1. The second-order valence-electron chi connectivity index (χ2n) is 5.51. The molecular formula is C16H20N2O3. The third kappa shape index (κ3) is 2.88. The maximum atomic E-state index is 12.4. The number of likely N-dealkylation sites (tertiary alicyclic amines) is 1. The Balaban J connectivity index is 1.76. The SMILES string of the molecule is COc1ccc2[nH]cc(CC(=O)N3CCC(O)CC3)c2c1. The molecule has 0 unspecified atom stereocenters. The van der Waals surface area contributed by atoms with Crippen LogP contribution in [0.1, 0.15) is 18.4 Å². The predicted octanol–water partition coefficient (Wildman–Crippen LogP) is 1.70. The number of ether oxygens (including phenoxy) is 1. The van der Waals surface area contributed by atoms with E-state index in [0.29, 0.717) is 32.4 Å². The van der Waals surface area contributed by atoms with Crippen LogP contribution < -0.4 is 4.74 Å². The van der Waals surface area contributed by atoms with Gasteiger partial charge in [0.2, 0.25) is 5.91 Å². The molecule has 0 radical (unpaired) electrons. The number of rotatable bonds is 3. The average Bonchev–Trinajstić information content (AvgIpc) is 2.90. The molecule has 5 nitrogen and oxygen atoms in total. The Bertz CT molecular complexity index is 642. The van der Waals surface area contributed by atoms with Gasteiger partial charge in [-0.05, 0) is 36.6 Å². The smallest absolute Gasteiger partial charge is 0.227 e. The lowest BCUT2D eigenvalue weighted by molar-refractivity contribution is -0.132. The number of H-pyrrole nitrogens is 1. The van der Waals surface area contributed by atoms with Crippen molar-refractivity contribution >= 4 is 16.8 Å². The molecule has 1 aromatic carbocycles. The van der Waals surface area contributed by atoms with Crippen molar-refractivity contribution in [3.8, 4) is 5.75 Å². The minimum Gasteiger partial charge on any atom is -0.497 e. The number of amides is 1. The zero-order valence-corrected chi connectivity index (χ0v) is 12.1. The monoisotopic (exact) mass is 288 g/mol. The van der Waals surface area contributed by atoms with Crippen LogP contribution >= 0.6 is 0 Å². The lowest BCUT2D eigenvalue weighted by atomic mass is 10.1. The molecule has 2 aromatic rings. The summed E-state index contributed by atoms with van der Waals surface area (Å²) < 4.78 is 5.24. The first kappa shape index (κ1) is 13.9. The summed E-state index contributed by atoms with van der Waals surface area (Å²) >= 11 is 0. The Hall–Kier alpha value is -2.01.